The molecule has 0 radical (unpaired) electrons. The van der Waals surface area contributed by atoms with Crippen LogP contribution in [0, 0.1) is 0 Å². The highest BCUT2D eigenvalue weighted by Crippen LogP contribution is 2.13. The summed E-state index contributed by atoms with van der Waals surface area (Å²) >= 11 is 0. The number of nitrogens with one attached hydrogen (secondary N) is 1. The Kier molecular flexibility index (Phi) is 40.5. The molecule has 8 nitrogen and oxygen atoms in total. The lowest BCUT2D eigenvalue weighted by Gasteiger charge is -2.05. The quantitative estimate of drug-likeness (QED) is 0.0480. The summed E-state index contributed by atoms with van der Waals surface area (Å²) in [6.45, 7) is 6.70. The van der Waals surface area contributed by atoms with Gasteiger partial charge in [-0.1, -0.05) is 129 Å². The summed E-state index contributed by atoms with van der Waals surface area (Å²) in [4.78, 5) is 33.2. The van der Waals surface area contributed by atoms with E-state index in [1.165, 1.54) is 103 Å². The largest absolute Gasteiger partial charge is 0.466 e. The van der Waals surface area contributed by atoms with Crippen LogP contribution in [0.2, 0.25) is 0 Å². The molecule has 0 aromatic rings. The molecule has 0 heterocycles. The Morgan fingerprint density at radius 2 is 0.822 bits per heavy atom. The molecule has 0 bridgehead atoms. The lowest BCUT2D eigenvalue weighted by atomic mass is 10.1. The smallest absolute Gasteiger partial charge is 0.404 e. The van der Waals surface area contributed by atoms with Gasteiger partial charge in [-0.3, -0.25) is 9.59 Å². The van der Waals surface area contributed by atoms with Crippen LogP contribution in [0.25, 0.3) is 0 Å². The minimum absolute atomic E-state index is 0.0256. The number of hydrogen-bond acceptors (Lipinski definition) is 6. The van der Waals surface area contributed by atoms with E-state index < -0.39 is 6.09 Å². The Bertz CT molecular complexity index is 632. The Balaban J connectivity index is 0. The lowest BCUT2D eigenvalue weighted by Crippen LogP contribution is -2.21. The average molecular weight is 643 g/mol. The number of rotatable bonds is 33. The minimum atomic E-state index is -0.988. The maximum absolute atomic E-state index is 11.5. The third-order valence-corrected chi connectivity index (χ3v) is 7.94. The molecule has 0 unspecified atom stereocenters. The number of carbonyl (C=O) groups is 3. The van der Waals surface area contributed by atoms with Crippen LogP contribution in [0.3, 0.4) is 0 Å². The Morgan fingerprint density at radius 3 is 1.18 bits per heavy atom. The number of carboxylic acid groups (broad SMARTS) is 1. The van der Waals surface area contributed by atoms with Gasteiger partial charge < -0.3 is 25.6 Å². The molecule has 8 heteroatoms. The summed E-state index contributed by atoms with van der Waals surface area (Å²) < 4.78 is 10.4. The summed E-state index contributed by atoms with van der Waals surface area (Å²) in [6.07, 6.45) is 31.2. The van der Waals surface area contributed by atoms with Crippen molar-refractivity contribution < 1.29 is 29.0 Å². The van der Waals surface area contributed by atoms with Crippen molar-refractivity contribution in [1.29, 1.82) is 0 Å². The first-order valence-corrected chi connectivity index (χ1v) is 19.0. The molecule has 0 fully saturated rings. The van der Waals surface area contributed by atoms with E-state index in [0.29, 0.717) is 32.6 Å². The van der Waals surface area contributed by atoms with Gasteiger partial charge in [-0.25, -0.2) is 4.79 Å². The molecule has 1 amide bonds. The predicted molar refractivity (Wildman–Crippen MR) is 188 cm³/mol. The zero-order valence-corrected chi connectivity index (χ0v) is 29.7. The monoisotopic (exact) mass is 643 g/mol. The van der Waals surface area contributed by atoms with E-state index in [2.05, 4.69) is 19.2 Å². The molecule has 268 valence electrons. The maximum Gasteiger partial charge on any atom is 0.404 e. The van der Waals surface area contributed by atoms with Crippen molar-refractivity contribution >= 4 is 18.0 Å². The highest BCUT2D eigenvalue weighted by atomic mass is 16.5. The second-order valence-electron chi connectivity index (χ2n) is 12.4. The van der Waals surface area contributed by atoms with Crippen LogP contribution in [-0.4, -0.2) is 49.4 Å². The molecule has 0 saturated heterocycles. The van der Waals surface area contributed by atoms with E-state index in [9.17, 15) is 14.4 Å². The number of unbranched alkanes of at least 4 members (excludes halogenated alkanes) is 22. The second kappa shape index (κ2) is 40.2. The predicted octanol–water partition coefficient (Wildman–Crippen LogP) is 10.2. The van der Waals surface area contributed by atoms with Gasteiger partial charge in [-0.15, -0.1) is 0 Å². The normalized spacial score (nSPS) is 10.6. The summed E-state index contributed by atoms with van der Waals surface area (Å²) in [5.41, 5.74) is 5.41. The van der Waals surface area contributed by atoms with Gasteiger partial charge in [0.2, 0.25) is 0 Å². The maximum atomic E-state index is 11.5. The van der Waals surface area contributed by atoms with Crippen LogP contribution in [0.4, 0.5) is 4.79 Å². The van der Waals surface area contributed by atoms with Crippen molar-refractivity contribution in [3.63, 3.8) is 0 Å². The van der Waals surface area contributed by atoms with Crippen LogP contribution >= 0.6 is 0 Å². The molecule has 0 aliphatic heterocycles. The number of carbonyl (C=O) groups excluding carboxylic acids is 2. The zero-order chi connectivity index (χ0) is 33.5. The SMILES string of the molecule is CCCCCCCCCCCCC(=O)OCCCCCN.CCCCCCCCCCCCC(=O)OCCCCCNC(=O)O. The Labute approximate surface area is 277 Å². The zero-order valence-electron chi connectivity index (χ0n) is 29.7. The van der Waals surface area contributed by atoms with Crippen LogP contribution in [-0.2, 0) is 19.1 Å². The van der Waals surface area contributed by atoms with Crippen LogP contribution in [0.1, 0.15) is 194 Å². The van der Waals surface area contributed by atoms with Gasteiger partial charge in [0.15, 0.2) is 0 Å². The molecule has 0 atom stereocenters. The number of amides is 1. The molecule has 45 heavy (non-hydrogen) atoms. The number of nitrogens with two attached hydrogens (primary N) is 1. The van der Waals surface area contributed by atoms with Gasteiger partial charge in [0.05, 0.1) is 13.2 Å². The van der Waals surface area contributed by atoms with E-state index in [1.807, 2.05) is 0 Å². The molecule has 4 N–H and O–H groups in total. The van der Waals surface area contributed by atoms with Crippen molar-refractivity contribution in [1.82, 2.24) is 5.32 Å². The van der Waals surface area contributed by atoms with Gasteiger partial charge in [0.25, 0.3) is 0 Å². The van der Waals surface area contributed by atoms with Gasteiger partial charge >= 0.3 is 18.0 Å². The van der Waals surface area contributed by atoms with Crippen molar-refractivity contribution in [3.05, 3.63) is 0 Å². The molecular formula is C37H74N2O6. The first kappa shape index (κ1) is 45.3. The third-order valence-electron chi connectivity index (χ3n) is 7.94. The molecule has 0 aliphatic carbocycles. The standard InChI is InChI=1S/C19H37NO4.C18H37NO2/c1-2-3-4-5-6-7-8-9-10-12-15-18(21)24-17-14-11-13-16-20-19(22)23;1-2-3-4-5-6-7-8-9-10-12-15-18(20)21-17-14-11-13-16-19/h20H,2-17H2,1H3,(H,22,23);2-17,19H2,1H3. The number of esters is 2. The topological polar surface area (TPSA) is 128 Å². The lowest BCUT2D eigenvalue weighted by molar-refractivity contribution is -0.144. The van der Waals surface area contributed by atoms with Gasteiger partial charge in [0, 0.05) is 19.4 Å². The highest BCUT2D eigenvalue weighted by molar-refractivity contribution is 5.69. The third kappa shape index (κ3) is 44.4. The fourth-order valence-corrected chi connectivity index (χ4v) is 5.05. The molecule has 0 aromatic heterocycles. The fraction of sp³-hybridized carbons (Fsp3) is 0.919. The summed E-state index contributed by atoms with van der Waals surface area (Å²) in [5, 5.41) is 10.7. The molecule has 0 spiro atoms. The van der Waals surface area contributed by atoms with Gasteiger partial charge in [-0.05, 0) is 57.9 Å². The highest BCUT2D eigenvalue weighted by Gasteiger charge is 2.04. The fourth-order valence-electron chi connectivity index (χ4n) is 5.05. The van der Waals surface area contributed by atoms with E-state index in [0.717, 1.165) is 70.8 Å². The van der Waals surface area contributed by atoms with Crippen molar-refractivity contribution in [3.8, 4) is 0 Å². The van der Waals surface area contributed by atoms with E-state index in [4.69, 9.17) is 20.3 Å². The van der Waals surface area contributed by atoms with Crippen molar-refractivity contribution in [2.45, 2.75) is 194 Å². The van der Waals surface area contributed by atoms with Gasteiger partial charge in [-0.2, -0.15) is 0 Å². The first-order chi connectivity index (χ1) is 22.0. The molecular weight excluding hydrogens is 568 g/mol. The molecule has 0 saturated carbocycles. The summed E-state index contributed by atoms with van der Waals surface area (Å²) in [7, 11) is 0. The summed E-state index contributed by atoms with van der Waals surface area (Å²) in [6, 6.07) is 0. The summed E-state index contributed by atoms with van der Waals surface area (Å²) in [5.74, 6) is -0.124. The van der Waals surface area contributed by atoms with Crippen LogP contribution in [0.5, 0.6) is 0 Å². The first-order valence-electron chi connectivity index (χ1n) is 19.0. The Hall–Kier alpha value is -1.83. The molecule has 0 aromatic carbocycles. The van der Waals surface area contributed by atoms with Crippen LogP contribution in [0.15, 0.2) is 0 Å². The van der Waals surface area contributed by atoms with E-state index >= 15 is 0 Å². The molecule has 0 rings (SSSR count). The average Bonchev–Trinajstić information content (AvgIpc) is 3.02. The van der Waals surface area contributed by atoms with Crippen LogP contribution < -0.4 is 11.1 Å². The van der Waals surface area contributed by atoms with E-state index in [1.54, 1.807) is 0 Å². The van der Waals surface area contributed by atoms with Crippen molar-refractivity contribution in [2.24, 2.45) is 5.73 Å². The second-order valence-corrected chi connectivity index (χ2v) is 12.4. The molecule has 0 aliphatic rings. The van der Waals surface area contributed by atoms with Gasteiger partial charge in [0.1, 0.15) is 0 Å². The number of hydrogen-bond donors (Lipinski definition) is 3. The number of ether oxygens (including phenoxy) is 2. The van der Waals surface area contributed by atoms with E-state index in [-0.39, 0.29) is 11.9 Å². The minimum Gasteiger partial charge on any atom is -0.466 e. The Morgan fingerprint density at radius 1 is 0.489 bits per heavy atom. The van der Waals surface area contributed by atoms with Crippen molar-refractivity contribution in [2.75, 3.05) is 26.3 Å².